The maximum Gasteiger partial charge on any atom is 0.303 e. The van der Waals surface area contributed by atoms with Gasteiger partial charge in [-0.15, -0.1) is 0 Å². The first kappa shape index (κ1) is 18.8. The molecule has 0 saturated heterocycles. The van der Waals surface area contributed by atoms with Gasteiger partial charge in [0.05, 0.1) is 11.6 Å². The van der Waals surface area contributed by atoms with E-state index in [2.05, 4.69) is 5.32 Å². The highest BCUT2D eigenvalue weighted by Crippen LogP contribution is 2.25. The Balaban J connectivity index is 5.14. The molecule has 116 valence electrons. The van der Waals surface area contributed by atoms with Crippen LogP contribution in [-0.4, -0.2) is 34.2 Å². The summed E-state index contributed by atoms with van der Waals surface area (Å²) in [5.74, 6) is -1.07. The van der Waals surface area contributed by atoms with E-state index < -0.39 is 23.0 Å². The maximum absolute atomic E-state index is 12.5. The largest absolute Gasteiger partial charge is 0.481 e. The highest BCUT2D eigenvalue weighted by Gasteiger charge is 2.36. The molecule has 2 N–H and O–H groups in total. The summed E-state index contributed by atoms with van der Waals surface area (Å²) in [7, 11) is 0. The van der Waals surface area contributed by atoms with Crippen molar-refractivity contribution in [1.29, 1.82) is 0 Å². The van der Waals surface area contributed by atoms with Gasteiger partial charge in [-0.05, 0) is 33.6 Å². The Kier molecular flexibility index (Phi) is 6.54. The second kappa shape index (κ2) is 6.97. The molecule has 0 rings (SSSR count). The molecule has 0 aliphatic carbocycles. The molecule has 0 spiro atoms. The summed E-state index contributed by atoms with van der Waals surface area (Å²) in [4.78, 5) is 34.9. The first-order chi connectivity index (χ1) is 8.94. The minimum atomic E-state index is -0.945. The Morgan fingerprint density at radius 3 is 2.00 bits per heavy atom. The van der Waals surface area contributed by atoms with Crippen LogP contribution in [0.15, 0.2) is 0 Å². The zero-order chi connectivity index (χ0) is 16.1. The van der Waals surface area contributed by atoms with E-state index >= 15 is 0 Å². The van der Waals surface area contributed by atoms with Gasteiger partial charge in [-0.1, -0.05) is 20.8 Å². The van der Waals surface area contributed by atoms with Crippen molar-refractivity contribution in [1.82, 2.24) is 5.32 Å². The number of nitrogens with one attached hydrogen (secondary N) is 1. The number of carbonyl (C=O) groups is 3. The minimum absolute atomic E-state index is 0.0458. The van der Waals surface area contributed by atoms with Crippen LogP contribution in [0, 0.1) is 5.41 Å². The first-order valence-electron chi connectivity index (χ1n) is 6.99. The van der Waals surface area contributed by atoms with Crippen LogP contribution >= 0.6 is 0 Å². The molecule has 0 aromatic heterocycles. The van der Waals surface area contributed by atoms with Gasteiger partial charge in [0.1, 0.15) is 5.78 Å². The lowest BCUT2D eigenvalue weighted by Crippen LogP contribution is -2.55. The Morgan fingerprint density at radius 1 is 1.15 bits per heavy atom. The van der Waals surface area contributed by atoms with E-state index in [0.29, 0.717) is 6.42 Å². The number of hydrogen-bond acceptors (Lipinski definition) is 4. The molecule has 1 unspecified atom stereocenters. The van der Waals surface area contributed by atoms with Crippen molar-refractivity contribution >= 4 is 17.5 Å². The molecular weight excluding hydrogens is 258 g/mol. The lowest BCUT2D eigenvalue weighted by atomic mass is 9.80. The van der Waals surface area contributed by atoms with Gasteiger partial charge in [0.15, 0.2) is 5.78 Å². The van der Waals surface area contributed by atoms with E-state index in [9.17, 15) is 14.4 Å². The number of carbonyl (C=O) groups excluding carboxylic acids is 2. The molecular formula is C15H27NO4. The highest BCUT2D eigenvalue weighted by molar-refractivity contribution is 5.91. The predicted octanol–water partition coefficient (Wildman–Crippen LogP) is 2.18. The number of Topliss-reactive ketones (excluding diaryl/α,β-unsaturated/α-hetero) is 2. The van der Waals surface area contributed by atoms with E-state index in [1.165, 1.54) is 6.92 Å². The summed E-state index contributed by atoms with van der Waals surface area (Å²) in [6.07, 6.45) is 0.753. The van der Waals surface area contributed by atoms with Crippen LogP contribution in [0.5, 0.6) is 0 Å². The number of carboxylic acids is 1. The number of rotatable bonds is 9. The predicted molar refractivity (Wildman–Crippen MR) is 77.6 cm³/mol. The fraction of sp³-hybridized carbons (Fsp3) is 0.800. The molecule has 20 heavy (non-hydrogen) atoms. The molecule has 0 fully saturated rings. The van der Waals surface area contributed by atoms with Gasteiger partial charge in [-0.3, -0.25) is 19.7 Å². The molecule has 0 heterocycles. The number of ketones is 2. The van der Waals surface area contributed by atoms with E-state index in [1.807, 2.05) is 20.8 Å². The normalized spacial score (nSPS) is 13.9. The fourth-order valence-electron chi connectivity index (χ4n) is 1.72. The van der Waals surface area contributed by atoms with Crippen molar-refractivity contribution in [3.63, 3.8) is 0 Å². The Bertz CT molecular complexity index is 385. The van der Waals surface area contributed by atoms with E-state index in [0.717, 1.165) is 0 Å². The van der Waals surface area contributed by atoms with Crippen molar-refractivity contribution in [2.45, 2.75) is 72.4 Å². The third-order valence-corrected chi connectivity index (χ3v) is 3.93. The average Bonchev–Trinajstić information content (AvgIpc) is 2.32. The first-order valence-corrected chi connectivity index (χ1v) is 6.99. The molecule has 0 aliphatic heterocycles. The van der Waals surface area contributed by atoms with Crippen molar-refractivity contribution in [3.8, 4) is 0 Å². The van der Waals surface area contributed by atoms with Gasteiger partial charge >= 0.3 is 5.97 Å². The summed E-state index contributed by atoms with van der Waals surface area (Å²) in [5.41, 5.74) is -1.38. The summed E-state index contributed by atoms with van der Waals surface area (Å²) < 4.78 is 0. The van der Waals surface area contributed by atoms with Crippen LogP contribution in [0.1, 0.15) is 60.8 Å². The van der Waals surface area contributed by atoms with Gasteiger partial charge in [0.25, 0.3) is 0 Å². The lowest BCUT2D eigenvalue weighted by molar-refractivity contribution is -0.137. The molecule has 0 saturated carbocycles. The van der Waals surface area contributed by atoms with Gasteiger partial charge in [0, 0.05) is 11.8 Å². The summed E-state index contributed by atoms with van der Waals surface area (Å²) in [6.45, 7) is 10.5. The van der Waals surface area contributed by atoms with E-state index in [4.69, 9.17) is 5.11 Å². The van der Waals surface area contributed by atoms with Gasteiger partial charge in [-0.2, -0.15) is 0 Å². The molecule has 5 nitrogen and oxygen atoms in total. The Labute approximate surface area is 121 Å². The third-order valence-electron chi connectivity index (χ3n) is 3.93. The molecule has 0 radical (unpaired) electrons. The van der Waals surface area contributed by atoms with Crippen LogP contribution < -0.4 is 5.32 Å². The summed E-state index contributed by atoms with van der Waals surface area (Å²) in [6, 6.07) is -0.625. The lowest BCUT2D eigenvalue weighted by Gasteiger charge is -2.33. The number of hydrogen-bond donors (Lipinski definition) is 2. The smallest absolute Gasteiger partial charge is 0.303 e. The van der Waals surface area contributed by atoms with Crippen molar-refractivity contribution in [3.05, 3.63) is 0 Å². The van der Waals surface area contributed by atoms with Crippen LogP contribution in [0.25, 0.3) is 0 Å². The molecule has 0 aromatic carbocycles. The van der Waals surface area contributed by atoms with Crippen molar-refractivity contribution < 1.29 is 19.5 Å². The summed E-state index contributed by atoms with van der Waals surface area (Å²) >= 11 is 0. The van der Waals surface area contributed by atoms with E-state index in [-0.39, 0.29) is 24.4 Å². The molecule has 5 heteroatoms. The van der Waals surface area contributed by atoms with Crippen LogP contribution in [0.2, 0.25) is 0 Å². The molecule has 0 amide bonds. The van der Waals surface area contributed by atoms with Gasteiger partial charge in [0.2, 0.25) is 0 Å². The fourth-order valence-corrected chi connectivity index (χ4v) is 1.72. The van der Waals surface area contributed by atoms with Crippen molar-refractivity contribution in [2.24, 2.45) is 5.41 Å². The third kappa shape index (κ3) is 5.41. The quantitative estimate of drug-likeness (QED) is 0.678. The van der Waals surface area contributed by atoms with Gasteiger partial charge in [-0.25, -0.2) is 0 Å². The molecule has 1 atom stereocenters. The second-order valence-electron chi connectivity index (χ2n) is 6.41. The Hall–Kier alpha value is -1.23. The highest BCUT2D eigenvalue weighted by atomic mass is 16.4. The Morgan fingerprint density at radius 2 is 1.65 bits per heavy atom. The standard InChI is InChI=1S/C15H27NO4/c1-7-14(3,4)13(20)11(8-9-12(18)19)16-15(5,6)10(2)17/h11,16H,7-9H2,1-6H3,(H,18,19). The van der Waals surface area contributed by atoms with Gasteiger partial charge < -0.3 is 5.11 Å². The summed E-state index contributed by atoms with van der Waals surface area (Å²) in [5, 5.41) is 11.8. The molecule has 0 bridgehead atoms. The maximum atomic E-state index is 12.5. The SMILES string of the molecule is CCC(C)(C)C(=O)C(CCC(=O)O)NC(C)(C)C(C)=O. The zero-order valence-corrected chi connectivity index (χ0v) is 13.4. The number of carboxylic acid groups (broad SMARTS) is 1. The molecule has 0 aliphatic rings. The monoisotopic (exact) mass is 285 g/mol. The minimum Gasteiger partial charge on any atom is -0.481 e. The zero-order valence-electron chi connectivity index (χ0n) is 13.4. The average molecular weight is 285 g/mol. The topological polar surface area (TPSA) is 83.5 Å². The molecule has 0 aromatic rings. The van der Waals surface area contributed by atoms with Crippen LogP contribution in [-0.2, 0) is 14.4 Å². The number of aliphatic carboxylic acids is 1. The second-order valence-corrected chi connectivity index (χ2v) is 6.41. The van der Waals surface area contributed by atoms with Crippen LogP contribution in [0.3, 0.4) is 0 Å². The van der Waals surface area contributed by atoms with Crippen molar-refractivity contribution in [2.75, 3.05) is 0 Å². The van der Waals surface area contributed by atoms with E-state index in [1.54, 1.807) is 13.8 Å². The van der Waals surface area contributed by atoms with Crippen LogP contribution in [0.4, 0.5) is 0 Å².